The summed E-state index contributed by atoms with van der Waals surface area (Å²) in [6, 6.07) is 1.80. The van der Waals surface area contributed by atoms with E-state index in [2.05, 4.69) is 10.5 Å². The van der Waals surface area contributed by atoms with Crippen LogP contribution >= 0.6 is 0 Å². The molecule has 1 rings (SSSR count). The quantitative estimate of drug-likeness (QED) is 0.746. The van der Waals surface area contributed by atoms with Crippen molar-refractivity contribution in [3.05, 3.63) is 17.5 Å². The molecule has 15 heavy (non-hydrogen) atoms. The van der Waals surface area contributed by atoms with Crippen LogP contribution in [0.1, 0.15) is 24.8 Å². The molecule has 1 atom stereocenters. The Morgan fingerprint density at radius 2 is 2.47 bits per heavy atom. The SMILES string of the molecule is Cc1cc(CNC(=O)C(C)CCN)no1. The molecular weight excluding hydrogens is 194 g/mol. The molecule has 0 radical (unpaired) electrons. The Balaban J connectivity index is 2.34. The number of nitrogens with zero attached hydrogens (tertiary/aromatic N) is 1. The van der Waals surface area contributed by atoms with E-state index >= 15 is 0 Å². The second-order valence-electron chi connectivity index (χ2n) is 3.63. The molecule has 0 aromatic carbocycles. The third-order valence-electron chi connectivity index (χ3n) is 2.17. The third-order valence-corrected chi connectivity index (χ3v) is 2.17. The first-order chi connectivity index (χ1) is 7.13. The van der Waals surface area contributed by atoms with Crippen LogP contribution in [0.3, 0.4) is 0 Å². The Morgan fingerprint density at radius 1 is 1.73 bits per heavy atom. The highest BCUT2D eigenvalue weighted by Gasteiger charge is 2.11. The molecule has 1 amide bonds. The van der Waals surface area contributed by atoms with Gasteiger partial charge in [-0.25, -0.2) is 0 Å². The first-order valence-electron chi connectivity index (χ1n) is 5.03. The van der Waals surface area contributed by atoms with Gasteiger partial charge in [0, 0.05) is 12.0 Å². The molecule has 0 aliphatic carbocycles. The zero-order valence-electron chi connectivity index (χ0n) is 9.12. The van der Waals surface area contributed by atoms with Crippen molar-refractivity contribution in [1.29, 1.82) is 0 Å². The molecule has 0 saturated carbocycles. The van der Waals surface area contributed by atoms with Crippen LogP contribution in [0, 0.1) is 12.8 Å². The molecule has 84 valence electrons. The van der Waals surface area contributed by atoms with Gasteiger partial charge >= 0.3 is 0 Å². The highest BCUT2D eigenvalue weighted by Crippen LogP contribution is 2.03. The van der Waals surface area contributed by atoms with Crippen molar-refractivity contribution >= 4 is 5.91 Å². The third kappa shape index (κ3) is 3.71. The van der Waals surface area contributed by atoms with Gasteiger partial charge < -0.3 is 15.6 Å². The van der Waals surface area contributed by atoms with Gasteiger partial charge in [-0.05, 0) is 19.9 Å². The van der Waals surface area contributed by atoms with Crippen molar-refractivity contribution in [2.45, 2.75) is 26.8 Å². The predicted molar refractivity (Wildman–Crippen MR) is 55.9 cm³/mol. The van der Waals surface area contributed by atoms with Crippen LogP contribution < -0.4 is 11.1 Å². The standard InChI is InChI=1S/C10H17N3O2/c1-7(3-4-11)10(14)12-6-9-5-8(2)15-13-9/h5,7H,3-4,6,11H2,1-2H3,(H,12,14). The second-order valence-corrected chi connectivity index (χ2v) is 3.63. The molecule has 5 nitrogen and oxygen atoms in total. The highest BCUT2D eigenvalue weighted by molar-refractivity contribution is 5.78. The normalized spacial score (nSPS) is 12.5. The molecule has 0 aliphatic heterocycles. The number of hydrogen-bond donors (Lipinski definition) is 2. The minimum Gasteiger partial charge on any atom is -0.361 e. The Kier molecular flexibility index (Phi) is 4.30. The van der Waals surface area contributed by atoms with Crippen LogP contribution in [0.5, 0.6) is 0 Å². The highest BCUT2D eigenvalue weighted by atomic mass is 16.5. The van der Waals surface area contributed by atoms with E-state index in [1.54, 1.807) is 6.07 Å². The molecule has 0 bridgehead atoms. The molecule has 1 unspecified atom stereocenters. The maximum Gasteiger partial charge on any atom is 0.223 e. The minimum atomic E-state index is -0.0528. The van der Waals surface area contributed by atoms with E-state index in [1.807, 2.05) is 13.8 Å². The molecule has 0 saturated heterocycles. The summed E-state index contributed by atoms with van der Waals surface area (Å²) in [6.45, 7) is 4.61. The summed E-state index contributed by atoms with van der Waals surface area (Å²) in [4.78, 5) is 11.5. The zero-order chi connectivity index (χ0) is 11.3. The largest absolute Gasteiger partial charge is 0.361 e. The van der Waals surface area contributed by atoms with Gasteiger partial charge in [-0.1, -0.05) is 12.1 Å². The smallest absolute Gasteiger partial charge is 0.223 e. The molecule has 0 aliphatic rings. The van der Waals surface area contributed by atoms with Gasteiger partial charge in [0.15, 0.2) is 0 Å². The number of carbonyl (C=O) groups is 1. The summed E-state index contributed by atoms with van der Waals surface area (Å²) in [7, 11) is 0. The number of aryl methyl sites for hydroxylation is 1. The van der Waals surface area contributed by atoms with Crippen molar-refractivity contribution in [3.8, 4) is 0 Å². The van der Waals surface area contributed by atoms with Gasteiger partial charge in [0.05, 0.1) is 6.54 Å². The van der Waals surface area contributed by atoms with Crippen LogP contribution in [0.2, 0.25) is 0 Å². The van der Waals surface area contributed by atoms with E-state index in [9.17, 15) is 4.79 Å². The number of nitrogens with two attached hydrogens (primary N) is 1. The van der Waals surface area contributed by atoms with Gasteiger partial charge in [-0.2, -0.15) is 0 Å². The maximum atomic E-state index is 11.5. The van der Waals surface area contributed by atoms with Crippen molar-refractivity contribution < 1.29 is 9.32 Å². The first kappa shape index (κ1) is 11.7. The lowest BCUT2D eigenvalue weighted by Gasteiger charge is -2.09. The predicted octanol–water partition coefficient (Wildman–Crippen LogP) is 0.584. The summed E-state index contributed by atoms with van der Waals surface area (Å²) in [5.74, 6) is 0.693. The summed E-state index contributed by atoms with van der Waals surface area (Å²) in [5.41, 5.74) is 6.11. The molecule has 1 heterocycles. The maximum absolute atomic E-state index is 11.5. The topological polar surface area (TPSA) is 81.2 Å². The molecule has 0 fully saturated rings. The molecular formula is C10H17N3O2. The van der Waals surface area contributed by atoms with Gasteiger partial charge in [-0.15, -0.1) is 0 Å². The zero-order valence-corrected chi connectivity index (χ0v) is 9.12. The minimum absolute atomic E-state index is 0.00102. The van der Waals surface area contributed by atoms with Crippen LogP contribution in [-0.2, 0) is 11.3 Å². The molecule has 0 spiro atoms. The van der Waals surface area contributed by atoms with Crippen LogP contribution in [0.4, 0.5) is 0 Å². The molecule has 1 aromatic heterocycles. The van der Waals surface area contributed by atoms with E-state index in [0.717, 1.165) is 11.5 Å². The van der Waals surface area contributed by atoms with Crippen molar-refractivity contribution in [1.82, 2.24) is 10.5 Å². The monoisotopic (exact) mass is 211 g/mol. The van der Waals surface area contributed by atoms with E-state index in [4.69, 9.17) is 10.3 Å². The summed E-state index contributed by atoms with van der Waals surface area (Å²) < 4.78 is 4.88. The molecule has 1 aromatic rings. The van der Waals surface area contributed by atoms with Gasteiger partial charge in [0.2, 0.25) is 5.91 Å². The number of hydrogen-bond acceptors (Lipinski definition) is 4. The van der Waals surface area contributed by atoms with E-state index in [1.165, 1.54) is 0 Å². The summed E-state index contributed by atoms with van der Waals surface area (Å²) in [6.07, 6.45) is 0.698. The fraction of sp³-hybridized carbons (Fsp3) is 0.600. The fourth-order valence-corrected chi connectivity index (χ4v) is 1.23. The number of rotatable bonds is 5. The average molecular weight is 211 g/mol. The van der Waals surface area contributed by atoms with Crippen molar-refractivity contribution in [2.24, 2.45) is 11.7 Å². The Morgan fingerprint density at radius 3 is 3.00 bits per heavy atom. The molecule has 5 heteroatoms. The molecule has 3 N–H and O–H groups in total. The Bertz CT molecular complexity index is 322. The summed E-state index contributed by atoms with van der Waals surface area (Å²) in [5, 5.41) is 6.56. The van der Waals surface area contributed by atoms with Crippen molar-refractivity contribution in [3.63, 3.8) is 0 Å². The van der Waals surface area contributed by atoms with Crippen LogP contribution in [0.25, 0.3) is 0 Å². The average Bonchev–Trinajstić information content (AvgIpc) is 2.61. The van der Waals surface area contributed by atoms with E-state index in [0.29, 0.717) is 19.5 Å². The first-order valence-corrected chi connectivity index (χ1v) is 5.03. The number of amides is 1. The Hall–Kier alpha value is -1.36. The van der Waals surface area contributed by atoms with Gasteiger partial charge in [0.25, 0.3) is 0 Å². The number of nitrogens with one attached hydrogen (secondary N) is 1. The van der Waals surface area contributed by atoms with Gasteiger partial charge in [0.1, 0.15) is 11.5 Å². The number of carbonyl (C=O) groups excluding carboxylic acids is 1. The fourth-order valence-electron chi connectivity index (χ4n) is 1.23. The lowest BCUT2D eigenvalue weighted by Crippen LogP contribution is -2.30. The second kappa shape index (κ2) is 5.50. The lowest BCUT2D eigenvalue weighted by atomic mass is 10.1. The number of aromatic nitrogens is 1. The summed E-state index contributed by atoms with van der Waals surface area (Å²) >= 11 is 0. The van der Waals surface area contributed by atoms with Crippen molar-refractivity contribution in [2.75, 3.05) is 6.54 Å². The van der Waals surface area contributed by atoms with E-state index < -0.39 is 0 Å². The Labute approximate surface area is 89.0 Å². The van der Waals surface area contributed by atoms with Crippen LogP contribution in [-0.4, -0.2) is 17.6 Å². The van der Waals surface area contributed by atoms with Crippen LogP contribution in [0.15, 0.2) is 10.6 Å². The van der Waals surface area contributed by atoms with E-state index in [-0.39, 0.29) is 11.8 Å². The van der Waals surface area contributed by atoms with Gasteiger partial charge in [-0.3, -0.25) is 4.79 Å². The lowest BCUT2D eigenvalue weighted by molar-refractivity contribution is -0.124.